The number of hydrogen-bond donors (Lipinski definition) is 3. The van der Waals surface area contributed by atoms with Gasteiger partial charge in [0.25, 0.3) is 11.8 Å². The fourth-order valence-electron chi connectivity index (χ4n) is 5.23. The Balaban J connectivity index is 1.14. The number of aromatic amines is 1. The number of anilines is 2. The van der Waals surface area contributed by atoms with Gasteiger partial charge >= 0.3 is 0 Å². The molecule has 1 saturated carbocycles. The number of benzene rings is 1. The van der Waals surface area contributed by atoms with Crippen molar-refractivity contribution in [3.8, 4) is 0 Å². The summed E-state index contributed by atoms with van der Waals surface area (Å²) in [7, 11) is -3.25. The number of H-pyrrole nitrogens is 1. The SMILES string of the molecule is O=C(Nc1ccc(C2(NC(=O)c3n[nH]c4c3CS(=O)(=O)C4)CCC2)cc1)c1cccc(N2CCOCC2)n1. The molecule has 2 amide bonds. The van der Waals surface area contributed by atoms with Crippen LogP contribution in [0.5, 0.6) is 0 Å². The highest BCUT2D eigenvalue weighted by atomic mass is 32.2. The molecule has 1 aromatic carbocycles. The van der Waals surface area contributed by atoms with Gasteiger partial charge in [0.15, 0.2) is 15.5 Å². The molecule has 3 aliphatic rings. The standard InChI is InChI=1S/C26H28N6O5S/c33-24(20-3-1-4-22(28-20)32-11-13-37-14-12-32)27-18-7-5-17(6-8-18)26(9-2-10-26)29-25(34)23-19-15-38(35,36)16-21(19)30-31-23/h1,3-8H,2,9-16H2,(H,27,33)(H,29,34)(H,30,31). The second-order valence-electron chi connectivity index (χ2n) is 9.96. The van der Waals surface area contributed by atoms with Crippen molar-refractivity contribution in [3.63, 3.8) is 0 Å². The molecule has 0 radical (unpaired) electrons. The molecule has 2 fully saturated rings. The van der Waals surface area contributed by atoms with Gasteiger partial charge in [-0.3, -0.25) is 14.7 Å². The lowest BCUT2D eigenvalue weighted by molar-refractivity contribution is 0.0817. The van der Waals surface area contributed by atoms with Gasteiger partial charge in [0.1, 0.15) is 11.5 Å². The Morgan fingerprint density at radius 3 is 2.47 bits per heavy atom. The molecule has 1 aliphatic carbocycles. The molecule has 12 heteroatoms. The van der Waals surface area contributed by atoms with Crippen LogP contribution in [0.3, 0.4) is 0 Å². The van der Waals surface area contributed by atoms with E-state index in [1.165, 1.54) is 0 Å². The first kappa shape index (κ1) is 24.6. The fourth-order valence-corrected chi connectivity index (χ4v) is 6.76. The van der Waals surface area contributed by atoms with E-state index in [1.807, 2.05) is 36.4 Å². The van der Waals surface area contributed by atoms with Crippen molar-refractivity contribution in [2.45, 2.75) is 36.3 Å². The maximum Gasteiger partial charge on any atom is 0.274 e. The van der Waals surface area contributed by atoms with Gasteiger partial charge in [0.05, 0.1) is 36.0 Å². The van der Waals surface area contributed by atoms with E-state index in [0.717, 1.165) is 43.7 Å². The molecule has 2 aliphatic heterocycles. The molecule has 3 aromatic rings. The number of carbonyl (C=O) groups excluding carboxylic acids is 2. The topological polar surface area (TPSA) is 146 Å². The van der Waals surface area contributed by atoms with Crippen LogP contribution >= 0.6 is 0 Å². The van der Waals surface area contributed by atoms with Crippen molar-refractivity contribution in [2.75, 3.05) is 36.5 Å². The van der Waals surface area contributed by atoms with Crippen LogP contribution in [0.2, 0.25) is 0 Å². The molecule has 1 saturated heterocycles. The zero-order chi connectivity index (χ0) is 26.3. The van der Waals surface area contributed by atoms with E-state index in [0.29, 0.717) is 35.9 Å². The summed E-state index contributed by atoms with van der Waals surface area (Å²) >= 11 is 0. The molecule has 0 unspecified atom stereocenters. The molecule has 6 rings (SSSR count). The van der Waals surface area contributed by atoms with Gasteiger partial charge in [-0.1, -0.05) is 18.2 Å². The zero-order valence-electron chi connectivity index (χ0n) is 20.7. The van der Waals surface area contributed by atoms with E-state index in [9.17, 15) is 18.0 Å². The van der Waals surface area contributed by atoms with E-state index in [-0.39, 0.29) is 29.0 Å². The van der Waals surface area contributed by atoms with Crippen molar-refractivity contribution in [1.82, 2.24) is 20.5 Å². The third-order valence-corrected chi connectivity index (χ3v) is 8.91. The predicted octanol–water partition coefficient (Wildman–Crippen LogP) is 2.13. The Labute approximate surface area is 219 Å². The minimum Gasteiger partial charge on any atom is -0.378 e. The molecule has 0 spiro atoms. The number of nitrogens with one attached hydrogen (secondary N) is 3. The molecule has 2 aromatic heterocycles. The summed E-state index contributed by atoms with van der Waals surface area (Å²) < 4.78 is 29.3. The first-order valence-electron chi connectivity index (χ1n) is 12.6. The maximum absolute atomic E-state index is 13.1. The van der Waals surface area contributed by atoms with Crippen molar-refractivity contribution >= 4 is 33.2 Å². The van der Waals surface area contributed by atoms with Gasteiger partial charge in [-0.2, -0.15) is 5.10 Å². The van der Waals surface area contributed by atoms with Gasteiger partial charge in [0, 0.05) is 24.3 Å². The van der Waals surface area contributed by atoms with Crippen LogP contribution in [0.25, 0.3) is 0 Å². The van der Waals surface area contributed by atoms with Crippen LogP contribution in [-0.4, -0.2) is 61.7 Å². The van der Waals surface area contributed by atoms with Crippen LogP contribution < -0.4 is 15.5 Å². The average Bonchev–Trinajstić information content (AvgIpc) is 3.42. The van der Waals surface area contributed by atoms with Crippen LogP contribution in [0.1, 0.15) is 57.1 Å². The van der Waals surface area contributed by atoms with Crippen molar-refractivity contribution in [2.24, 2.45) is 0 Å². The Hall–Kier alpha value is -3.77. The van der Waals surface area contributed by atoms with E-state index in [1.54, 1.807) is 6.07 Å². The number of fused-ring (bicyclic) bond motifs is 1. The summed E-state index contributed by atoms with van der Waals surface area (Å²) in [5.41, 5.74) is 2.40. The molecular formula is C26H28N6O5S. The Kier molecular flexibility index (Phi) is 6.15. The van der Waals surface area contributed by atoms with Gasteiger partial charge in [-0.15, -0.1) is 0 Å². The quantitative estimate of drug-likeness (QED) is 0.434. The number of morpholine rings is 1. The van der Waals surface area contributed by atoms with E-state index >= 15 is 0 Å². The minimum atomic E-state index is -3.25. The number of sulfone groups is 1. The smallest absolute Gasteiger partial charge is 0.274 e. The lowest BCUT2D eigenvalue weighted by Crippen LogP contribution is -2.51. The molecule has 0 atom stereocenters. The van der Waals surface area contributed by atoms with E-state index in [2.05, 4.69) is 30.7 Å². The minimum absolute atomic E-state index is 0.117. The normalized spacial score (nSPS) is 19.3. The molecule has 198 valence electrons. The highest BCUT2D eigenvalue weighted by molar-refractivity contribution is 7.90. The average molecular weight is 537 g/mol. The largest absolute Gasteiger partial charge is 0.378 e. The summed E-state index contributed by atoms with van der Waals surface area (Å²) in [5, 5.41) is 12.8. The number of hydrogen-bond acceptors (Lipinski definition) is 8. The second-order valence-corrected chi connectivity index (χ2v) is 12.0. The van der Waals surface area contributed by atoms with Crippen molar-refractivity contribution in [1.29, 1.82) is 0 Å². The van der Waals surface area contributed by atoms with Crippen LogP contribution in [-0.2, 0) is 31.6 Å². The third-order valence-electron chi connectivity index (χ3n) is 7.45. The zero-order valence-corrected chi connectivity index (χ0v) is 21.5. The lowest BCUT2D eigenvalue weighted by atomic mass is 9.71. The maximum atomic E-state index is 13.1. The molecule has 4 heterocycles. The van der Waals surface area contributed by atoms with Gasteiger partial charge < -0.3 is 20.3 Å². The summed E-state index contributed by atoms with van der Waals surface area (Å²) in [4.78, 5) is 32.6. The number of pyridine rings is 1. The van der Waals surface area contributed by atoms with Crippen molar-refractivity contribution < 1.29 is 22.7 Å². The number of amides is 2. The summed E-state index contributed by atoms with van der Waals surface area (Å²) in [6.07, 6.45) is 2.47. The molecule has 3 N–H and O–H groups in total. The second kappa shape index (κ2) is 9.52. The summed E-state index contributed by atoms with van der Waals surface area (Å²) in [6, 6.07) is 12.8. The molecule has 0 bridgehead atoms. The van der Waals surface area contributed by atoms with E-state index in [4.69, 9.17) is 4.74 Å². The Bertz CT molecular complexity index is 1490. The Morgan fingerprint density at radius 1 is 1.00 bits per heavy atom. The van der Waals surface area contributed by atoms with Gasteiger partial charge in [-0.25, -0.2) is 13.4 Å². The first-order chi connectivity index (χ1) is 18.3. The number of aromatic nitrogens is 3. The third kappa shape index (κ3) is 4.65. The summed E-state index contributed by atoms with van der Waals surface area (Å²) in [5.74, 6) is -0.231. The monoisotopic (exact) mass is 536 g/mol. The first-order valence-corrected chi connectivity index (χ1v) is 14.4. The number of ether oxygens (including phenoxy) is 1. The van der Waals surface area contributed by atoms with E-state index < -0.39 is 15.4 Å². The van der Waals surface area contributed by atoms with Crippen LogP contribution in [0.4, 0.5) is 11.5 Å². The summed E-state index contributed by atoms with van der Waals surface area (Å²) in [6.45, 7) is 2.75. The van der Waals surface area contributed by atoms with Crippen LogP contribution in [0, 0.1) is 0 Å². The molecular weight excluding hydrogens is 508 g/mol. The van der Waals surface area contributed by atoms with Crippen molar-refractivity contribution in [3.05, 3.63) is 70.7 Å². The fraction of sp³-hybridized carbons (Fsp3) is 0.385. The molecule has 11 nitrogen and oxygen atoms in total. The number of rotatable bonds is 6. The lowest BCUT2D eigenvalue weighted by Gasteiger charge is -2.43. The van der Waals surface area contributed by atoms with Gasteiger partial charge in [-0.05, 0) is 49.1 Å². The van der Waals surface area contributed by atoms with Crippen LogP contribution in [0.15, 0.2) is 42.5 Å². The molecule has 38 heavy (non-hydrogen) atoms. The Morgan fingerprint density at radius 2 is 1.76 bits per heavy atom. The van der Waals surface area contributed by atoms with Gasteiger partial charge in [0.2, 0.25) is 0 Å². The highest BCUT2D eigenvalue weighted by Gasteiger charge is 2.42. The number of carbonyl (C=O) groups is 2. The number of nitrogens with zero attached hydrogens (tertiary/aromatic N) is 3. The predicted molar refractivity (Wildman–Crippen MR) is 140 cm³/mol. The highest BCUT2D eigenvalue weighted by Crippen LogP contribution is 2.42.